The quantitative estimate of drug-likeness (QED) is 0.827. The maximum absolute atomic E-state index is 5.48. The molecule has 78 valence electrons. The summed E-state index contributed by atoms with van der Waals surface area (Å²) in [5, 5.41) is 0. The number of aromatic nitrogens is 1. The summed E-state index contributed by atoms with van der Waals surface area (Å²) in [4.78, 5) is 3.90. The van der Waals surface area contributed by atoms with E-state index in [0.717, 1.165) is 30.7 Å². The van der Waals surface area contributed by atoms with Gasteiger partial charge in [0.15, 0.2) is 12.2 Å². The number of aryl methyl sites for hydroxylation is 1. The number of rotatable bonds is 4. The average molecular weight is 202 g/mol. The summed E-state index contributed by atoms with van der Waals surface area (Å²) in [5.74, 6) is 0.810. The summed E-state index contributed by atoms with van der Waals surface area (Å²) in [7, 11) is 0. The molecule has 0 fully saturated rings. The summed E-state index contributed by atoms with van der Waals surface area (Å²) >= 11 is 0. The first-order valence-corrected chi connectivity index (χ1v) is 5.08. The standard InChI is InChI=1S/C12H14N2O/c13-6-2-4-10-3-1-5-11(7-10)12-8-14-9-15-12/h1,3,5,7-9H,2,4,6,13H2. The van der Waals surface area contributed by atoms with Gasteiger partial charge in [-0.15, -0.1) is 0 Å². The number of benzene rings is 1. The van der Waals surface area contributed by atoms with Crippen LogP contribution in [-0.2, 0) is 6.42 Å². The molecular weight excluding hydrogens is 188 g/mol. The van der Waals surface area contributed by atoms with E-state index in [1.54, 1.807) is 6.20 Å². The Balaban J connectivity index is 2.19. The van der Waals surface area contributed by atoms with Crippen molar-refractivity contribution in [1.82, 2.24) is 4.98 Å². The van der Waals surface area contributed by atoms with Crippen LogP contribution >= 0.6 is 0 Å². The molecule has 0 saturated heterocycles. The molecule has 1 aromatic heterocycles. The molecule has 0 radical (unpaired) electrons. The predicted octanol–water partition coefficient (Wildman–Crippen LogP) is 2.23. The second kappa shape index (κ2) is 4.75. The molecule has 2 N–H and O–H groups in total. The second-order valence-electron chi connectivity index (χ2n) is 3.46. The summed E-state index contributed by atoms with van der Waals surface area (Å²) in [6.45, 7) is 0.729. The molecule has 1 aromatic carbocycles. The average Bonchev–Trinajstić information content (AvgIpc) is 2.80. The van der Waals surface area contributed by atoms with E-state index >= 15 is 0 Å². The molecule has 2 aromatic rings. The normalized spacial score (nSPS) is 10.5. The lowest BCUT2D eigenvalue weighted by molar-refractivity contribution is 0.572. The van der Waals surface area contributed by atoms with Gasteiger partial charge in [-0.05, 0) is 31.0 Å². The zero-order chi connectivity index (χ0) is 10.5. The van der Waals surface area contributed by atoms with Gasteiger partial charge < -0.3 is 10.2 Å². The minimum Gasteiger partial charge on any atom is -0.444 e. The van der Waals surface area contributed by atoms with Gasteiger partial charge in [-0.25, -0.2) is 4.98 Å². The van der Waals surface area contributed by atoms with Crippen molar-refractivity contribution in [3.05, 3.63) is 42.4 Å². The van der Waals surface area contributed by atoms with E-state index in [9.17, 15) is 0 Å². The minimum absolute atomic E-state index is 0.729. The Morgan fingerprint density at radius 3 is 3.00 bits per heavy atom. The van der Waals surface area contributed by atoms with E-state index < -0.39 is 0 Å². The summed E-state index contributed by atoms with van der Waals surface area (Å²) in [6, 6.07) is 8.28. The van der Waals surface area contributed by atoms with Crippen molar-refractivity contribution in [1.29, 1.82) is 0 Å². The molecule has 0 aliphatic rings. The Labute approximate surface area is 88.9 Å². The van der Waals surface area contributed by atoms with Crippen LogP contribution in [-0.4, -0.2) is 11.5 Å². The summed E-state index contributed by atoms with van der Waals surface area (Å²) in [5.41, 5.74) is 7.84. The van der Waals surface area contributed by atoms with Gasteiger partial charge >= 0.3 is 0 Å². The van der Waals surface area contributed by atoms with Crippen LogP contribution in [0.2, 0.25) is 0 Å². The third-order valence-corrected chi connectivity index (χ3v) is 2.31. The molecule has 0 amide bonds. The molecule has 15 heavy (non-hydrogen) atoms. The number of oxazole rings is 1. The van der Waals surface area contributed by atoms with Crippen LogP contribution in [0.4, 0.5) is 0 Å². The van der Waals surface area contributed by atoms with Crippen molar-refractivity contribution in [2.24, 2.45) is 5.73 Å². The van der Waals surface area contributed by atoms with Crippen molar-refractivity contribution < 1.29 is 4.42 Å². The highest BCUT2D eigenvalue weighted by Crippen LogP contribution is 2.20. The fourth-order valence-corrected chi connectivity index (χ4v) is 1.54. The van der Waals surface area contributed by atoms with Gasteiger partial charge in [0.25, 0.3) is 0 Å². The van der Waals surface area contributed by atoms with E-state index in [0.29, 0.717) is 0 Å². The van der Waals surface area contributed by atoms with E-state index in [-0.39, 0.29) is 0 Å². The lowest BCUT2D eigenvalue weighted by atomic mass is 10.1. The Morgan fingerprint density at radius 1 is 1.33 bits per heavy atom. The van der Waals surface area contributed by atoms with Crippen LogP contribution in [0.5, 0.6) is 0 Å². The molecule has 0 aliphatic carbocycles. The Hall–Kier alpha value is -1.61. The number of nitrogens with zero attached hydrogens (tertiary/aromatic N) is 1. The molecule has 3 heteroatoms. The fourth-order valence-electron chi connectivity index (χ4n) is 1.54. The smallest absolute Gasteiger partial charge is 0.181 e. The van der Waals surface area contributed by atoms with Crippen LogP contribution in [0.15, 0.2) is 41.3 Å². The molecule has 0 atom stereocenters. The molecule has 0 spiro atoms. The second-order valence-corrected chi connectivity index (χ2v) is 3.46. The maximum Gasteiger partial charge on any atom is 0.181 e. The van der Waals surface area contributed by atoms with Gasteiger partial charge in [0.05, 0.1) is 6.20 Å². The molecule has 0 aliphatic heterocycles. The van der Waals surface area contributed by atoms with Gasteiger partial charge in [-0.2, -0.15) is 0 Å². The molecule has 3 nitrogen and oxygen atoms in total. The number of nitrogens with two attached hydrogens (primary N) is 1. The van der Waals surface area contributed by atoms with Crippen LogP contribution < -0.4 is 5.73 Å². The van der Waals surface area contributed by atoms with Crippen LogP contribution in [0.3, 0.4) is 0 Å². The van der Waals surface area contributed by atoms with Gasteiger partial charge in [0, 0.05) is 5.56 Å². The lowest BCUT2D eigenvalue weighted by Gasteiger charge is -2.01. The van der Waals surface area contributed by atoms with E-state index in [1.165, 1.54) is 12.0 Å². The molecular formula is C12H14N2O. The fraction of sp³-hybridized carbons (Fsp3) is 0.250. The van der Waals surface area contributed by atoms with Gasteiger partial charge in [-0.3, -0.25) is 0 Å². The van der Waals surface area contributed by atoms with Crippen molar-refractivity contribution in [2.45, 2.75) is 12.8 Å². The van der Waals surface area contributed by atoms with E-state index in [2.05, 4.69) is 17.1 Å². The number of hydrogen-bond donors (Lipinski definition) is 1. The lowest BCUT2D eigenvalue weighted by Crippen LogP contribution is -2.00. The van der Waals surface area contributed by atoms with Crippen molar-refractivity contribution >= 4 is 0 Å². The zero-order valence-electron chi connectivity index (χ0n) is 8.52. The Morgan fingerprint density at radius 2 is 2.27 bits per heavy atom. The van der Waals surface area contributed by atoms with Crippen molar-refractivity contribution in [3.8, 4) is 11.3 Å². The molecule has 2 rings (SSSR count). The maximum atomic E-state index is 5.48. The topological polar surface area (TPSA) is 52.0 Å². The third kappa shape index (κ3) is 2.44. The highest BCUT2D eigenvalue weighted by molar-refractivity contribution is 5.57. The number of hydrogen-bond acceptors (Lipinski definition) is 3. The molecule has 0 unspecified atom stereocenters. The Bertz CT molecular complexity index is 409. The van der Waals surface area contributed by atoms with Crippen molar-refractivity contribution in [2.75, 3.05) is 6.54 Å². The first-order valence-electron chi connectivity index (χ1n) is 5.08. The largest absolute Gasteiger partial charge is 0.444 e. The van der Waals surface area contributed by atoms with Crippen LogP contribution in [0.1, 0.15) is 12.0 Å². The van der Waals surface area contributed by atoms with Crippen LogP contribution in [0.25, 0.3) is 11.3 Å². The Kier molecular flexibility index (Phi) is 3.15. The molecule has 1 heterocycles. The first-order chi connectivity index (χ1) is 7.40. The monoisotopic (exact) mass is 202 g/mol. The molecule has 0 bridgehead atoms. The van der Waals surface area contributed by atoms with Gasteiger partial charge in [0.2, 0.25) is 0 Å². The highest BCUT2D eigenvalue weighted by atomic mass is 16.3. The zero-order valence-corrected chi connectivity index (χ0v) is 8.52. The minimum atomic E-state index is 0.729. The third-order valence-electron chi connectivity index (χ3n) is 2.31. The van der Waals surface area contributed by atoms with Crippen LogP contribution in [0, 0.1) is 0 Å². The van der Waals surface area contributed by atoms with Gasteiger partial charge in [0.1, 0.15) is 0 Å². The SMILES string of the molecule is NCCCc1cccc(-c2cnco2)c1. The van der Waals surface area contributed by atoms with E-state index in [4.69, 9.17) is 10.2 Å². The first kappa shape index (κ1) is 9.93. The summed E-state index contributed by atoms with van der Waals surface area (Å²) < 4.78 is 5.24. The predicted molar refractivity (Wildman–Crippen MR) is 59.3 cm³/mol. The summed E-state index contributed by atoms with van der Waals surface area (Å²) in [6.07, 6.45) is 5.20. The van der Waals surface area contributed by atoms with Gasteiger partial charge in [-0.1, -0.05) is 18.2 Å². The van der Waals surface area contributed by atoms with E-state index in [1.807, 2.05) is 12.1 Å². The van der Waals surface area contributed by atoms with Crippen molar-refractivity contribution in [3.63, 3.8) is 0 Å². The molecule has 0 saturated carbocycles. The highest BCUT2D eigenvalue weighted by Gasteiger charge is 2.01.